The molecule has 0 spiro atoms. The summed E-state index contributed by atoms with van der Waals surface area (Å²) in [6.07, 6.45) is 0. The number of phenols is 2. The molecule has 1 aromatic carbocycles. The molecule has 0 atom stereocenters. The largest absolute Gasteiger partial charge is 0.504 e. The van der Waals surface area contributed by atoms with E-state index in [4.69, 9.17) is 10.2 Å². The monoisotopic (exact) mass is 236 g/mol. The Balaban J connectivity index is 3.59. The van der Waals surface area contributed by atoms with Crippen LogP contribution in [-0.2, 0) is 0 Å². The minimum Gasteiger partial charge on any atom is -0.504 e. The van der Waals surface area contributed by atoms with Crippen molar-refractivity contribution in [2.45, 2.75) is 4.90 Å². The Morgan fingerprint density at radius 2 is 1.43 bits per heavy atom. The van der Waals surface area contributed by atoms with Gasteiger partial charge in [-0.05, 0) is 12.1 Å². The minimum absolute atomic E-state index is 0.0105. The molecule has 2 nitrogen and oxygen atoms in total. The number of halogens is 5. The molecule has 2 N–H and O–H groups in total. The van der Waals surface area contributed by atoms with Crippen LogP contribution < -0.4 is 0 Å². The summed E-state index contributed by atoms with van der Waals surface area (Å²) in [7, 11) is -9.92. The first-order valence-electron chi connectivity index (χ1n) is 3.17. The van der Waals surface area contributed by atoms with E-state index < -0.39 is 26.6 Å². The maximum absolute atomic E-state index is 12.1. The van der Waals surface area contributed by atoms with Crippen LogP contribution >= 0.6 is 10.2 Å². The van der Waals surface area contributed by atoms with Crippen molar-refractivity contribution in [1.29, 1.82) is 0 Å². The second-order valence-corrected chi connectivity index (χ2v) is 4.97. The molecule has 0 aliphatic rings. The van der Waals surface area contributed by atoms with Crippen molar-refractivity contribution >= 4 is 10.2 Å². The summed E-state index contributed by atoms with van der Waals surface area (Å²) in [5.74, 6) is -3.09. The van der Waals surface area contributed by atoms with Crippen LogP contribution in [-0.4, -0.2) is 10.2 Å². The normalized spacial score (nSPS) is 17.2. The molecule has 0 unspecified atom stereocenters. The molecule has 0 fully saturated rings. The number of hydrogen-bond donors (Lipinski definition) is 2. The van der Waals surface area contributed by atoms with Crippen LogP contribution in [0.25, 0.3) is 0 Å². The average molecular weight is 236 g/mol. The molecule has 0 aliphatic carbocycles. The maximum atomic E-state index is 12.1. The second-order valence-electron chi connectivity index (χ2n) is 2.59. The molecule has 0 aliphatic heterocycles. The molecule has 14 heavy (non-hydrogen) atoms. The number of rotatable bonds is 1. The highest BCUT2D eigenvalue weighted by atomic mass is 32.5. The van der Waals surface area contributed by atoms with E-state index in [-0.39, 0.29) is 6.07 Å². The topological polar surface area (TPSA) is 40.5 Å². The molecule has 0 radical (unpaired) electrons. The molecule has 0 aromatic heterocycles. The first-order valence-corrected chi connectivity index (χ1v) is 5.12. The van der Waals surface area contributed by atoms with Crippen LogP contribution in [0.3, 0.4) is 0 Å². The Labute approximate surface area is 75.3 Å². The van der Waals surface area contributed by atoms with E-state index in [1.807, 2.05) is 0 Å². The fourth-order valence-electron chi connectivity index (χ4n) is 0.822. The molecule has 0 saturated carbocycles. The first-order chi connectivity index (χ1) is 5.91. The van der Waals surface area contributed by atoms with E-state index >= 15 is 0 Å². The third kappa shape index (κ3) is 2.00. The lowest BCUT2D eigenvalue weighted by Crippen LogP contribution is -2.06. The predicted octanol–water partition coefficient (Wildman–Crippen LogP) is 3.76. The van der Waals surface area contributed by atoms with Crippen LogP contribution in [0.5, 0.6) is 11.5 Å². The molecule has 0 amide bonds. The quantitative estimate of drug-likeness (QED) is 0.575. The first kappa shape index (κ1) is 10.9. The minimum atomic E-state index is -9.92. The van der Waals surface area contributed by atoms with Gasteiger partial charge in [-0.1, -0.05) is 25.5 Å². The molecule has 0 saturated heterocycles. The Hall–Kier alpha value is -1.18. The van der Waals surface area contributed by atoms with Gasteiger partial charge in [-0.2, -0.15) is 0 Å². The van der Waals surface area contributed by atoms with Crippen molar-refractivity contribution in [2.75, 3.05) is 0 Å². The number of benzene rings is 1. The molecule has 82 valence electrons. The fraction of sp³-hybridized carbons (Fsp3) is 0. The Bertz CT molecular complexity index is 384. The zero-order valence-electron chi connectivity index (χ0n) is 6.42. The molecular formula is C6H5F5O2S. The van der Waals surface area contributed by atoms with E-state index in [1.165, 1.54) is 0 Å². The van der Waals surface area contributed by atoms with Crippen LogP contribution in [0.15, 0.2) is 23.1 Å². The van der Waals surface area contributed by atoms with Gasteiger partial charge >= 0.3 is 10.2 Å². The van der Waals surface area contributed by atoms with Gasteiger partial charge in [0.1, 0.15) is 0 Å². The van der Waals surface area contributed by atoms with Gasteiger partial charge in [-0.25, -0.2) is 0 Å². The van der Waals surface area contributed by atoms with Crippen LogP contribution in [0, 0.1) is 0 Å². The predicted molar refractivity (Wildman–Crippen MR) is 41.2 cm³/mol. The molecule has 0 heterocycles. The number of hydrogen-bond acceptors (Lipinski definition) is 2. The van der Waals surface area contributed by atoms with Gasteiger partial charge < -0.3 is 10.2 Å². The Kier molecular flexibility index (Phi) is 1.62. The van der Waals surface area contributed by atoms with Crippen molar-refractivity contribution in [3.05, 3.63) is 18.2 Å². The number of para-hydroxylation sites is 1. The zero-order chi connectivity index (χ0) is 11.3. The highest BCUT2D eigenvalue weighted by molar-refractivity contribution is 8.45. The number of aromatic hydroxyl groups is 2. The van der Waals surface area contributed by atoms with Gasteiger partial charge in [-0.15, -0.1) is 0 Å². The van der Waals surface area contributed by atoms with Crippen molar-refractivity contribution in [3.63, 3.8) is 0 Å². The lowest BCUT2D eigenvalue weighted by molar-refractivity contribution is 0.342. The molecule has 1 rings (SSSR count). The summed E-state index contributed by atoms with van der Waals surface area (Å²) in [6.45, 7) is 0. The summed E-state index contributed by atoms with van der Waals surface area (Å²) >= 11 is 0. The fourth-order valence-corrected chi connectivity index (χ4v) is 1.63. The van der Waals surface area contributed by atoms with E-state index in [2.05, 4.69) is 0 Å². The van der Waals surface area contributed by atoms with Crippen molar-refractivity contribution < 1.29 is 29.6 Å². The highest BCUT2D eigenvalue weighted by Gasteiger charge is 2.67. The lowest BCUT2D eigenvalue weighted by atomic mass is 10.3. The standard InChI is InChI=1S/C6H5F5O2S/c7-14(8,9,10,11)5-3-1-2-4(12)6(5)13/h1-3,12-13H. The van der Waals surface area contributed by atoms with Crippen LogP contribution in [0.2, 0.25) is 0 Å². The SMILES string of the molecule is Oc1cccc(S(F)(F)(F)(F)F)c1O. The Morgan fingerprint density at radius 3 is 1.79 bits per heavy atom. The van der Waals surface area contributed by atoms with Crippen LogP contribution in [0.1, 0.15) is 0 Å². The van der Waals surface area contributed by atoms with Gasteiger partial charge in [0, 0.05) is 0 Å². The van der Waals surface area contributed by atoms with Crippen molar-refractivity contribution in [2.24, 2.45) is 0 Å². The summed E-state index contributed by atoms with van der Waals surface area (Å²) in [5.41, 5.74) is 0. The summed E-state index contributed by atoms with van der Waals surface area (Å²) < 4.78 is 60.6. The average Bonchev–Trinajstić information content (AvgIpc) is 1.89. The van der Waals surface area contributed by atoms with Gasteiger partial charge in [0.15, 0.2) is 16.4 Å². The van der Waals surface area contributed by atoms with Gasteiger partial charge in [0.25, 0.3) is 0 Å². The van der Waals surface area contributed by atoms with Crippen molar-refractivity contribution in [3.8, 4) is 11.5 Å². The van der Waals surface area contributed by atoms with E-state index in [1.54, 1.807) is 0 Å². The van der Waals surface area contributed by atoms with Gasteiger partial charge in [-0.3, -0.25) is 0 Å². The zero-order valence-corrected chi connectivity index (χ0v) is 7.24. The molecule has 8 heteroatoms. The van der Waals surface area contributed by atoms with E-state index in [0.717, 1.165) is 0 Å². The third-order valence-electron chi connectivity index (χ3n) is 1.39. The summed E-state index contributed by atoms with van der Waals surface area (Å²) in [6, 6.07) is 1.25. The smallest absolute Gasteiger partial charge is 0.313 e. The van der Waals surface area contributed by atoms with Gasteiger partial charge in [0.05, 0.1) is 0 Å². The second kappa shape index (κ2) is 2.08. The molecule has 0 bridgehead atoms. The van der Waals surface area contributed by atoms with Crippen molar-refractivity contribution in [1.82, 2.24) is 0 Å². The molecular weight excluding hydrogens is 231 g/mol. The molecule has 1 aromatic rings. The maximum Gasteiger partial charge on any atom is 0.313 e. The third-order valence-corrected chi connectivity index (χ3v) is 2.55. The highest BCUT2D eigenvalue weighted by Crippen LogP contribution is 3.03. The lowest BCUT2D eigenvalue weighted by Gasteiger charge is -2.40. The Morgan fingerprint density at radius 1 is 0.929 bits per heavy atom. The van der Waals surface area contributed by atoms with Crippen LogP contribution in [0.4, 0.5) is 19.4 Å². The number of phenolic OH excluding ortho intramolecular Hbond substituents is 2. The van der Waals surface area contributed by atoms with E-state index in [9.17, 15) is 19.4 Å². The van der Waals surface area contributed by atoms with Gasteiger partial charge in [0.2, 0.25) is 0 Å². The van der Waals surface area contributed by atoms with E-state index in [0.29, 0.717) is 12.1 Å². The summed E-state index contributed by atoms with van der Waals surface area (Å²) in [4.78, 5) is -2.48. The summed E-state index contributed by atoms with van der Waals surface area (Å²) in [5, 5.41) is 17.3.